The second-order valence-electron chi connectivity index (χ2n) is 8.60. The van der Waals surface area contributed by atoms with Gasteiger partial charge >= 0.3 is 6.18 Å². The number of nitrogens with one attached hydrogen (secondary N) is 2. The maximum atomic E-state index is 13.6. The highest BCUT2D eigenvalue weighted by Gasteiger charge is 2.34. The van der Waals surface area contributed by atoms with E-state index in [2.05, 4.69) is 37.4 Å². The molecule has 5 rings (SSSR count). The van der Waals surface area contributed by atoms with E-state index in [1.807, 2.05) is 24.3 Å². The Labute approximate surface area is 215 Å². The first-order valence-electron chi connectivity index (χ1n) is 11.9. The fourth-order valence-corrected chi connectivity index (χ4v) is 4.25. The number of halogens is 3. The van der Waals surface area contributed by atoms with E-state index in [0.717, 1.165) is 29.3 Å². The summed E-state index contributed by atoms with van der Waals surface area (Å²) >= 11 is 0. The molecular weight excluding hydrogens is 497 g/mol. The van der Waals surface area contributed by atoms with Gasteiger partial charge in [-0.25, -0.2) is 4.98 Å². The monoisotopic (exact) mass is 520 g/mol. The number of hydrogen-bond donors (Lipinski definition) is 2. The van der Waals surface area contributed by atoms with Crippen molar-refractivity contribution in [3.63, 3.8) is 0 Å². The minimum absolute atomic E-state index is 0.0299. The molecule has 3 aromatic heterocycles. The highest BCUT2D eigenvalue weighted by Crippen LogP contribution is 2.31. The summed E-state index contributed by atoms with van der Waals surface area (Å²) in [4.78, 5) is 26.0. The molecule has 2 N–H and O–H groups in total. The van der Waals surface area contributed by atoms with Crippen LogP contribution < -0.4 is 16.2 Å². The molecule has 1 aliphatic rings. The predicted octanol–water partition coefficient (Wildman–Crippen LogP) is 4.03. The number of fused-ring (bicyclic) bond motifs is 1. The number of hydrogen-bond acceptors (Lipinski definition) is 7. The fraction of sp³-hybridized carbons (Fsp3) is 0.259. The Balaban J connectivity index is 1.52. The lowest BCUT2D eigenvalue weighted by Crippen LogP contribution is -2.33. The van der Waals surface area contributed by atoms with Crippen LogP contribution in [0.1, 0.15) is 35.4 Å². The highest BCUT2D eigenvalue weighted by molar-refractivity contribution is 5.77. The van der Waals surface area contributed by atoms with Gasteiger partial charge in [0.25, 0.3) is 5.56 Å². The lowest BCUT2D eigenvalue weighted by atomic mass is 10.1. The first kappa shape index (κ1) is 25.4. The Hall–Kier alpha value is -4.27. The fourth-order valence-electron chi connectivity index (χ4n) is 4.25. The van der Waals surface area contributed by atoms with Gasteiger partial charge < -0.3 is 15.4 Å². The van der Waals surface area contributed by atoms with Gasteiger partial charge in [0.2, 0.25) is 5.95 Å². The Kier molecular flexibility index (Phi) is 7.09. The molecule has 4 aromatic rings. The first-order chi connectivity index (χ1) is 18.3. The summed E-state index contributed by atoms with van der Waals surface area (Å²) in [5.41, 5.74) is 0.223. The van der Waals surface area contributed by atoms with Crippen LogP contribution in [-0.4, -0.2) is 39.2 Å². The van der Waals surface area contributed by atoms with Gasteiger partial charge in [-0.2, -0.15) is 18.2 Å². The molecule has 1 atom stereocenters. The van der Waals surface area contributed by atoms with Gasteiger partial charge in [-0.1, -0.05) is 18.1 Å². The van der Waals surface area contributed by atoms with E-state index in [1.54, 1.807) is 6.92 Å². The van der Waals surface area contributed by atoms with Crippen molar-refractivity contribution in [1.29, 1.82) is 0 Å². The molecule has 1 aliphatic heterocycles. The minimum Gasteiger partial charge on any atom is -0.371 e. The van der Waals surface area contributed by atoms with Crippen molar-refractivity contribution in [3.8, 4) is 11.8 Å². The Morgan fingerprint density at radius 1 is 1.21 bits per heavy atom. The standard InChI is InChI=1S/C27H23F3N6O2/c1-2-4-18-13-19-14-33-26(34-20-8-6-17(7-9-20)23-15-31-11-12-38-23)35-24(19)36(25(18)37)16-22-21(27(28,29)30)5-3-10-32-22/h3,5-10,13-14,23,31H,11-12,15-16H2,1H3,(H,33,34,35). The average Bonchev–Trinajstić information content (AvgIpc) is 2.92. The summed E-state index contributed by atoms with van der Waals surface area (Å²) in [6, 6.07) is 11.3. The molecule has 8 nitrogen and oxygen atoms in total. The van der Waals surface area contributed by atoms with Crippen LogP contribution >= 0.6 is 0 Å². The van der Waals surface area contributed by atoms with Crippen molar-refractivity contribution >= 4 is 22.7 Å². The topological polar surface area (TPSA) is 94.0 Å². The van der Waals surface area contributed by atoms with Crippen LogP contribution in [0.3, 0.4) is 0 Å². The molecule has 1 aromatic carbocycles. The van der Waals surface area contributed by atoms with E-state index in [4.69, 9.17) is 4.74 Å². The number of aromatic nitrogens is 4. The van der Waals surface area contributed by atoms with Gasteiger partial charge in [0, 0.05) is 36.6 Å². The highest BCUT2D eigenvalue weighted by atomic mass is 19.4. The van der Waals surface area contributed by atoms with Gasteiger partial charge in [-0.3, -0.25) is 14.3 Å². The number of alkyl halides is 3. The normalized spacial score (nSPS) is 15.6. The summed E-state index contributed by atoms with van der Waals surface area (Å²) < 4.78 is 47.8. The van der Waals surface area contributed by atoms with Crippen LogP contribution in [0.5, 0.6) is 0 Å². The van der Waals surface area contributed by atoms with Crippen LogP contribution in [0, 0.1) is 11.8 Å². The van der Waals surface area contributed by atoms with E-state index >= 15 is 0 Å². The molecule has 0 saturated carbocycles. The average molecular weight is 521 g/mol. The molecule has 1 saturated heterocycles. The van der Waals surface area contributed by atoms with Crippen molar-refractivity contribution in [2.24, 2.45) is 0 Å². The molecule has 0 spiro atoms. The SMILES string of the molecule is CC#Cc1cc2cnc(Nc3ccc(C4CNCCO4)cc3)nc2n(Cc2ncccc2C(F)(F)F)c1=O. The van der Waals surface area contributed by atoms with Gasteiger partial charge in [0.1, 0.15) is 5.65 Å². The minimum atomic E-state index is -4.63. The van der Waals surface area contributed by atoms with Crippen LogP contribution in [0.4, 0.5) is 24.8 Å². The van der Waals surface area contributed by atoms with Crippen LogP contribution in [0.2, 0.25) is 0 Å². The van der Waals surface area contributed by atoms with Gasteiger partial charge in [0.05, 0.1) is 36.1 Å². The molecule has 0 bridgehead atoms. The van der Waals surface area contributed by atoms with Crippen molar-refractivity contribution in [1.82, 2.24) is 24.8 Å². The number of pyridine rings is 2. The lowest BCUT2D eigenvalue weighted by Gasteiger charge is -2.24. The summed E-state index contributed by atoms with van der Waals surface area (Å²) in [7, 11) is 0. The van der Waals surface area contributed by atoms with Crippen molar-refractivity contribution in [2.75, 3.05) is 25.0 Å². The number of benzene rings is 1. The molecule has 1 unspecified atom stereocenters. The summed E-state index contributed by atoms with van der Waals surface area (Å²) in [5, 5.41) is 6.84. The Morgan fingerprint density at radius 3 is 2.74 bits per heavy atom. The molecule has 0 amide bonds. The summed E-state index contributed by atoms with van der Waals surface area (Å²) in [5.74, 6) is 5.56. The molecule has 194 valence electrons. The van der Waals surface area contributed by atoms with E-state index in [9.17, 15) is 18.0 Å². The predicted molar refractivity (Wildman–Crippen MR) is 136 cm³/mol. The van der Waals surface area contributed by atoms with Crippen molar-refractivity contribution in [3.05, 3.63) is 87.6 Å². The molecule has 4 heterocycles. The quantitative estimate of drug-likeness (QED) is 0.384. The molecular formula is C27H23F3N6O2. The number of nitrogens with zero attached hydrogens (tertiary/aromatic N) is 4. The van der Waals surface area contributed by atoms with Gasteiger partial charge in [-0.05, 0) is 42.8 Å². The maximum Gasteiger partial charge on any atom is 0.418 e. The van der Waals surface area contributed by atoms with Crippen molar-refractivity contribution < 1.29 is 17.9 Å². The first-order valence-corrected chi connectivity index (χ1v) is 11.9. The van der Waals surface area contributed by atoms with Gasteiger partial charge in [0.15, 0.2) is 0 Å². The summed E-state index contributed by atoms with van der Waals surface area (Å²) in [6.45, 7) is 3.33. The third-order valence-electron chi connectivity index (χ3n) is 6.06. The Morgan fingerprint density at radius 2 is 2.03 bits per heavy atom. The second kappa shape index (κ2) is 10.6. The Bertz CT molecular complexity index is 1580. The molecule has 38 heavy (non-hydrogen) atoms. The van der Waals surface area contributed by atoms with E-state index < -0.39 is 23.8 Å². The third-order valence-corrected chi connectivity index (χ3v) is 6.06. The molecule has 1 fully saturated rings. The second-order valence-corrected chi connectivity index (χ2v) is 8.60. The van der Waals surface area contributed by atoms with Crippen molar-refractivity contribution in [2.45, 2.75) is 25.7 Å². The van der Waals surface area contributed by atoms with E-state index in [0.29, 0.717) is 17.7 Å². The zero-order valence-corrected chi connectivity index (χ0v) is 20.3. The molecule has 0 aliphatic carbocycles. The largest absolute Gasteiger partial charge is 0.418 e. The summed E-state index contributed by atoms with van der Waals surface area (Å²) in [6.07, 6.45) is -1.90. The number of morpholine rings is 1. The smallest absolute Gasteiger partial charge is 0.371 e. The zero-order chi connectivity index (χ0) is 26.7. The number of rotatable bonds is 5. The van der Waals surface area contributed by atoms with Crippen LogP contribution in [0.15, 0.2) is 59.7 Å². The van der Waals surface area contributed by atoms with Gasteiger partial charge in [-0.15, -0.1) is 5.92 Å². The van der Waals surface area contributed by atoms with E-state index in [-0.39, 0.29) is 29.0 Å². The maximum absolute atomic E-state index is 13.6. The van der Waals surface area contributed by atoms with Crippen LogP contribution in [-0.2, 0) is 17.5 Å². The van der Waals surface area contributed by atoms with Crippen LogP contribution in [0.25, 0.3) is 11.0 Å². The zero-order valence-electron chi connectivity index (χ0n) is 20.3. The van der Waals surface area contributed by atoms with E-state index in [1.165, 1.54) is 24.5 Å². The lowest BCUT2D eigenvalue weighted by molar-refractivity contribution is -0.138. The molecule has 11 heteroatoms. The number of ether oxygens (including phenoxy) is 1. The third kappa shape index (κ3) is 5.37. The number of anilines is 2. The molecule has 0 radical (unpaired) electrons.